The third-order valence-corrected chi connectivity index (χ3v) is 8.45. The molecule has 5 rings (SSSR count). The Morgan fingerprint density at radius 1 is 0.629 bits per heavy atom. The molecule has 1 aromatic heterocycles. The second-order valence-corrected chi connectivity index (χ2v) is 10.5. The van der Waals surface area contributed by atoms with E-state index in [9.17, 15) is 0 Å². The van der Waals surface area contributed by atoms with Crippen molar-refractivity contribution in [2.24, 2.45) is 4.99 Å². The zero-order valence-electron chi connectivity index (χ0n) is 19.7. The van der Waals surface area contributed by atoms with Crippen LogP contribution in [0.1, 0.15) is 29.8 Å². The van der Waals surface area contributed by atoms with Crippen LogP contribution in [-0.4, -0.2) is 10.7 Å². The van der Waals surface area contributed by atoms with Gasteiger partial charge in [0.25, 0.3) is 0 Å². The Kier molecular flexibility index (Phi) is 7.22. The van der Waals surface area contributed by atoms with Gasteiger partial charge < -0.3 is 0 Å². The van der Waals surface area contributed by atoms with Gasteiger partial charge >= 0.3 is 0 Å². The molecule has 0 fully saturated rings. The quantitative estimate of drug-likeness (QED) is 0.199. The molecule has 5 aromatic rings. The van der Waals surface area contributed by atoms with Gasteiger partial charge in [0.15, 0.2) is 0 Å². The number of aromatic nitrogens is 1. The molecular formula is C32H27N2P. The first-order valence-corrected chi connectivity index (χ1v) is 13.2. The molecule has 0 radical (unpaired) electrons. The number of pyridine rings is 1. The van der Waals surface area contributed by atoms with E-state index in [1.165, 1.54) is 21.5 Å². The van der Waals surface area contributed by atoms with Gasteiger partial charge in [-0.3, -0.25) is 9.98 Å². The van der Waals surface area contributed by atoms with Crippen LogP contribution in [0.15, 0.2) is 145 Å². The summed E-state index contributed by atoms with van der Waals surface area (Å²) in [7, 11) is -0.718. The summed E-state index contributed by atoms with van der Waals surface area (Å²) in [5, 5.41) is 4.01. The summed E-state index contributed by atoms with van der Waals surface area (Å²) < 4.78 is 0. The Labute approximate surface area is 208 Å². The number of benzene rings is 4. The third kappa shape index (κ3) is 5.29. The van der Waals surface area contributed by atoms with Crippen molar-refractivity contribution in [3.63, 3.8) is 0 Å². The summed E-state index contributed by atoms with van der Waals surface area (Å²) in [4.78, 5) is 9.91. The molecule has 3 heteroatoms. The predicted molar refractivity (Wildman–Crippen MR) is 150 cm³/mol. The second-order valence-electron chi connectivity index (χ2n) is 8.30. The monoisotopic (exact) mass is 470 g/mol. The van der Waals surface area contributed by atoms with Gasteiger partial charge in [-0.05, 0) is 48.5 Å². The van der Waals surface area contributed by atoms with E-state index >= 15 is 0 Å². The van der Waals surface area contributed by atoms with Crippen LogP contribution in [0, 0.1) is 0 Å². The predicted octanol–water partition coefficient (Wildman–Crippen LogP) is 6.44. The van der Waals surface area contributed by atoms with E-state index in [0.29, 0.717) is 0 Å². The van der Waals surface area contributed by atoms with Crippen LogP contribution in [-0.2, 0) is 0 Å². The summed E-state index contributed by atoms with van der Waals surface area (Å²) in [5.74, 6) is 0. The number of rotatable bonds is 7. The summed E-state index contributed by atoms with van der Waals surface area (Å²) in [6, 6.07) is 46.7. The van der Waals surface area contributed by atoms with Gasteiger partial charge in [-0.25, -0.2) is 0 Å². The standard InChI is InChI=1S/C32H27N2P/c1-25(34-32(26-15-5-2-6-16-26)30-22-13-14-24-33-30)29-21-11-12-23-31(29)35(27-17-7-3-8-18-27)28-19-9-4-10-20-28/h2-25H,1H3/t25-/m0/s1. The minimum absolute atomic E-state index is 0.0409. The minimum Gasteiger partial charge on any atom is -0.275 e. The zero-order chi connectivity index (χ0) is 23.9. The van der Waals surface area contributed by atoms with Crippen molar-refractivity contribution in [3.8, 4) is 0 Å². The van der Waals surface area contributed by atoms with Gasteiger partial charge in [-0.2, -0.15) is 0 Å². The molecular weight excluding hydrogens is 443 g/mol. The van der Waals surface area contributed by atoms with Gasteiger partial charge in [0.2, 0.25) is 0 Å². The normalized spacial score (nSPS) is 12.5. The van der Waals surface area contributed by atoms with Crippen LogP contribution in [0.2, 0.25) is 0 Å². The highest BCUT2D eigenvalue weighted by Crippen LogP contribution is 2.36. The van der Waals surface area contributed by atoms with Gasteiger partial charge in [-0.15, -0.1) is 0 Å². The van der Waals surface area contributed by atoms with Crippen molar-refractivity contribution < 1.29 is 0 Å². The fourth-order valence-corrected chi connectivity index (χ4v) is 6.83. The molecule has 2 nitrogen and oxygen atoms in total. The summed E-state index contributed by atoms with van der Waals surface area (Å²) in [6.07, 6.45) is 1.83. The zero-order valence-corrected chi connectivity index (χ0v) is 20.6. The maximum atomic E-state index is 5.28. The van der Waals surface area contributed by atoms with E-state index in [4.69, 9.17) is 4.99 Å². The molecule has 0 saturated heterocycles. The molecule has 0 unspecified atom stereocenters. The van der Waals surface area contributed by atoms with E-state index in [2.05, 4.69) is 121 Å². The van der Waals surface area contributed by atoms with Crippen LogP contribution in [0.5, 0.6) is 0 Å². The maximum Gasteiger partial charge on any atom is 0.0910 e. The Bertz CT molecular complexity index is 1300. The number of hydrogen-bond donors (Lipinski definition) is 0. The molecule has 0 amide bonds. The first-order valence-electron chi connectivity index (χ1n) is 11.8. The molecule has 0 saturated carbocycles. The lowest BCUT2D eigenvalue weighted by Gasteiger charge is -2.24. The van der Waals surface area contributed by atoms with Crippen molar-refractivity contribution in [1.29, 1.82) is 0 Å². The Morgan fingerprint density at radius 2 is 1.17 bits per heavy atom. The number of aliphatic imine (C=N–C) groups is 1. The lowest BCUT2D eigenvalue weighted by Crippen LogP contribution is -2.24. The molecule has 0 N–H and O–H groups in total. The van der Waals surface area contributed by atoms with Gasteiger partial charge in [0.05, 0.1) is 17.4 Å². The van der Waals surface area contributed by atoms with Crippen molar-refractivity contribution in [3.05, 3.63) is 156 Å². The topological polar surface area (TPSA) is 25.2 Å². The minimum atomic E-state index is -0.718. The third-order valence-electron chi connectivity index (χ3n) is 5.93. The highest BCUT2D eigenvalue weighted by atomic mass is 31.1. The SMILES string of the molecule is C[C@H](N=C(c1ccccc1)c1ccccn1)c1ccccc1P(c1ccccc1)c1ccccc1. The van der Waals surface area contributed by atoms with Crippen molar-refractivity contribution >= 4 is 29.5 Å². The largest absolute Gasteiger partial charge is 0.275 e. The van der Waals surface area contributed by atoms with Gasteiger partial charge in [0, 0.05) is 11.8 Å². The molecule has 0 bridgehead atoms. The molecule has 170 valence electrons. The van der Waals surface area contributed by atoms with E-state index < -0.39 is 7.92 Å². The lowest BCUT2D eigenvalue weighted by atomic mass is 10.0. The highest BCUT2D eigenvalue weighted by Gasteiger charge is 2.22. The van der Waals surface area contributed by atoms with Crippen molar-refractivity contribution in [2.45, 2.75) is 13.0 Å². The smallest absolute Gasteiger partial charge is 0.0910 e. The van der Waals surface area contributed by atoms with Crippen LogP contribution >= 0.6 is 7.92 Å². The highest BCUT2D eigenvalue weighted by molar-refractivity contribution is 7.79. The molecule has 1 atom stereocenters. The Hall–Kier alpha value is -3.87. The second kappa shape index (κ2) is 11.0. The molecule has 1 heterocycles. The molecule has 0 spiro atoms. The summed E-state index contributed by atoms with van der Waals surface area (Å²) >= 11 is 0. The molecule has 35 heavy (non-hydrogen) atoms. The number of hydrogen-bond acceptors (Lipinski definition) is 2. The number of nitrogens with zero attached hydrogens (tertiary/aromatic N) is 2. The van der Waals surface area contributed by atoms with Gasteiger partial charge in [0.1, 0.15) is 0 Å². The Balaban J connectivity index is 1.64. The fraction of sp³-hybridized carbons (Fsp3) is 0.0625. The van der Waals surface area contributed by atoms with Crippen molar-refractivity contribution in [2.75, 3.05) is 0 Å². The Morgan fingerprint density at radius 3 is 1.77 bits per heavy atom. The lowest BCUT2D eigenvalue weighted by molar-refractivity contribution is 0.826. The summed E-state index contributed by atoms with van der Waals surface area (Å²) in [5.41, 5.74) is 4.12. The van der Waals surface area contributed by atoms with Crippen LogP contribution in [0.3, 0.4) is 0 Å². The molecule has 4 aromatic carbocycles. The van der Waals surface area contributed by atoms with E-state index in [-0.39, 0.29) is 6.04 Å². The molecule has 0 aliphatic carbocycles. The maximum absolute atomic E-state index is 5.28. The van der Waals surface area contributed by atoms with Crippen LogP contribution < -0.4 is 15.9 Å². The van der Waals surface area contributed by atoms with Crippen LogP contribution in [0.25, 0.3) is 0 Å². The average Bonchev–Trinajstić information content (AvgIpc) is 2.94. The van der Waals surface area contributed by atoms with Crippen LogP contribution in [0.4, 0.5) is 0 Å². The molecule has 0 aliphatic heterocycles. The van der Waals surface area contributed by atoms with E-state index in [0.717, 1.165) is 17.0 Å². The first-order chi connectivity index (χ1) is 17.3. The van der Waals surface area contributed by atoms with E-state index in [1.807, 2.05) is 30.5 Å². The summed E-state index contributed by atoms with van der Waals surface area (Å²) in [6.45, 7) is 2.19. The van der Waals surface area contributed by atoms with Gasteiger partial charge in [-0.1, -0.05) is 121 Å². The molecule has 0 aliphatic rings. The average molecular weight is 471 g/mol. The fourth-order valence-electron chi connectivity index (χ4n) is 4.28. The van der Waals surface area contributed by atoms with E-state index in [1.54, 1.807) is 0 Å². The van der Waals surface area contributed by atoms with Crippen molar-refractivity contribution in [1.82, 2.24) is 4.98 Å². The first kappa shape index (κ1) is 22.9.